The van der Waals surface area contributed by atoms with Crippen LogP contribution in [0.1, 0.15) is 21.5 Å². The Bertz CT molecular complexity index is 793. The van der Waals surface area contributed by atoms with Crippen LogP contribution < -0.4 is 19.5 Å². The van der Waals surface area contributed by atoms with Crippen LogP contribution in [0.15, 0.2) is 34.8 Å². The summed E-state index contributed by atoms with van der Waals surface area (Å²) in [4.78, 5) is 12.5. The van der Waals surface area contributed by atoms with Crippen molar-refractivity contribution in [1.82, 2.24) is 5.32 Å². The summed E-state index contributed by atoms with van der Waals surface area (Å²) in [6.45, 7) is 1.05. The SMILES string of the molecule is COc1ccc(C(=O)NCc2cc(Br)cc3c2OCOC3)cc1OC. The molecule has 0 atom stereocenters. The van der Waals surface area contributed by atoms with Crippen molar-refractivity contribution < 1.29 is 23.7 Å². The zero-order chi connectivity index (χ0) is 17.8. The molecule has 0 saturated carbocycles. The monoisotopic (exact) mass is 407 g/mol. The predicted octanol–water partition coefficient (Wildman–Crippen LogP) is 3.26. The highest BCUT2D eigenvalue weighted by Gasteiger charge is 2.17. The fourth-order valence-corrected chi connectivity index (χ4v) is 3.20. The highest BCUT2D eigenvalue weighted by atomic mass is 79.9. The van der Waals surface area contributed by atoms with Crippen LogP contribution in [0.2, 0.25) is 0 Å². The number of carbonyl (C=O) groups excluding carboxylic acids is 1. The van der Waals surface area contributed by atoms with E-state index in [9.17, 15) is 4.79 Å². The van der Waals surface area contributed by atoms with Crippen molar-refractivity contribution in [1.29, 1.82) is 0 Å². The Morgan fingerprint density at radius 3 is 2.76 bits per heavy atom. The first kappa shape index (κ1) is 17.6. The molecule has 2 aromatic rings. The summed E-state index contributed by atoms with van der Waals surface area (Å²) in [5, 5.41) is 2.90. The van der Waals surface area contributed by atoms with E-state index in [1.807, 2.05) is 12.1 Å². The Kier molecular flexibility index (Phi) is 5.45. The largest absolute Gasteiger partial charge is 0.493 e. The number of rotatable bonds is 5. The van der Waals surface area contributed by atoms with E-state index in [2.05, 4.69) is 21.2 Å². The van der Waals surface area contributed by atoms with E-state index in [0.29, 0.717) is 30.2 Å². The van der Waals surface area contributed by atoms with E-state index in [-0.39, 0.29) is 12.7 Å². The molecule has 0 aromatic heterocycles. The minimum Gasteiger partial charge on any atom is -0.493 e. The number of fused-ring (bicyclic) bond motifs is 1. The van der Waals surface area contributed by atoms with Crippen molar-refractivity contribution in [3.05, 3.63) is 51.5 Å². The summed E-state index contributed by atoms with van der Waals surface area (Å²) in [6, 6.07) is 8.93. The maximum Gasteiger partial charge on any atom is 0.251 e. The molecule has 0 unspecified atom stereocenters. The van der Waals surface area contributed by atoms with Crippen LogP contribution in [0.5, 0.6) is 17.2 Å². The Labute approximate surface area is 154 Å². The maximum absolute atomic E-state index is 12.5. The van der Waals surface area contributed by atoms with Crippen LogP contribution >= 0.6 is 15.9 Å². The summed E-state index contributed by atoms with van der Waals surface area (Å²) in [6.07, 6.45) is 0. The minimum absolute atomic E-state index is 0.207. The van der Waals surface area contributed by atoms with Crippen LogP contribution in [-0.2, 0) is 17.9 Å². The van der Waals surface area contributed by atoms with Crippen molar-refractivity contribution in [2.45, 2.75) is 13.2 Å². The lowest BCUT2D eigenvalue weighted by atomic mass is 10.1. The fourth-order valence-electron chi connectivity index (χ4n) is 2.64. The molecule has 3 rings (SSSR count). The van der Waals surface area contributed by atoms with Gasteiger partial charge in [-0.2, -0.15) is 0 Å². The average molecular weight is 408 g/mol. The lowest BCUT2D eigenvalue weighted by Gasteiger charge is -2.21. The van der Waals surface area contributed by atoms with Crippen LogP contribution in [0.4, 0.5) is 0 Å². The normalized spacial score (nSPS) is 12.8. The Hall–Kier alpha value is -2.25. The van der Waals surface area contributed by atoms with Crippen molar-refractivity contribution in [3.8, 4) is 17.2 Å². The van der Waals surface area contributed by atoms with Gasteiger partial charge in [-0.25, -0.2) is 0 Å². The first-order valence-corrected chi connectivity index (χ1v) is 8.43. The zero-order valence-corrected chi connectivity index (χ0v) is 15.5. The van der Waals surface area contributed by atoms with Crippen LogP contribution in [-0.4, -0.2) is 26.9 Å². The van der Waals surface area contributed by atoms with Gasteiger partial charge in [0.1, 0.15) is 5.75 Å². The molecule has 1 aliphatic heterocycles. The van der Waals surface area contributed by atoms with E-state index < -0.39 is 0 Å². The first-order valence-electron chi connectivity index (χ1n) is 7.64. The third kappa shape index (κ3) is 3.88. The van der Waals surface area contributed by atoms with Crippen LogP contribution in [0, 0.1) is 0 Å². The average Bonchev–Trinajstić information content (AvgIpc) is 2.65. The molecule has 7 heteroatoms. The molecule has 0 radical (unpaired) electrons. The molecular formula is C18H18BrNO5. The van der Waals surface area contributed by atoms with Crippen molar-refractivity contribution in [2.75, 3.05) is 21.0 Å². The second-order valence-electron chi connectivity index (χ2n) is 5.42. The molecule has 0 saturated heterocycles. The number of methoxy groups -OCH3 is 2. The van der Waals surface area contributed by atoms with Gasteiger partial charge in [0.25, 0.3) is 5.91 Å². The molecule has 0 bridgehead atoms. The minimum atomic E-state index is -0.207. The number of benzene rings is 2. The number of amides is 1. The smallest absolute Gasteiger partial charge is 0.251 e. The second kappa shape index (κ2) is 7.76. The summed E-state index contributed by atoms with van der Waals surface area (Å²) in [5.41, 5.74) is 2.34. The highest BCUT2D eigenvalue weighted by Crippen LogP contribution is 2.32. The zero-order valence-electron chi connectivity index (χ0n) is 13.9. The summed E-state index contributed by atoms with van der Waals surface area (Å²) < 4.78 is 22.2. The topological polar surface area (TPSA) is 66.0 Å². The number of halogens is 1. The fraction of sp³-hybridized carbons (Fsp3) is 0.278. The molecular weight excluding hydrogens is 390 g/mol. The van der Waals surface area contributed by atoms with Gasteiger partial charge in [-0.1, -0.05) is 15.9 Å². The van der Waals surface area contributed by atoms with Crippen molar-refractivity contribution >= 4 is 21.8 Å². The molecule has 0 aliphatic carbocycles. The summed E-state index contributed by atoms with van der Waals surface area (Å²) >= 11 is 3.47. The first-order chi connectivity index (χ1) is 12.1. The second-order valence-corrected chi connectivity index (χ2v) is 6.33. The van der Waals surface area contributed by atoms with E-state index >= 15 is 0 Å². The van der Waals surface area contributed by atoms with E-state index in [1.54, 1.807) is 25.3 Å². The molecule has 6 nitrogen and oxygen atoms in total. The summed E-state index contributed by atoms with van der Waals surface area (Å²) in [5.74, 6) is 1.65. The summed E-state index contributed by atoms with van der Waals surface area (Å²) in [7, 11) is 3.09. The third-order valence-corrected chi connectivity index (χ3v) is 4.29. The van der Waals surface area contributed by atoms with Gasteiger partial charge in [-0.05, 0) is 30.3 Å². The highest BCUT2D eigenvalue weighted by molar-refractivity contribution is 9.10. The number of nitrogens with one attached hydrogen (secondary N) is 1. The predicted molar refractivity (Wildman–Crippen MR) is 95.1 cm³/mol. The molecule has 1 heterocycles. The van der Waals surface area contributed by atoms with Gasteiger partial charge in [0.15, 0.2) is 18.3 Å². The molecule has 132 valence electrons. The number of hydrogen-bond acceptors (Lipinski definition) is 5. The molecule has 1 amide bonds. The van der Waals surface area contributed by atoms with Gasteiger partial charge < -0.3 is 24.3 Å². The molecule has 0 fully saturated rings. The van der Waals surface area contributed by atoms with Crippen molar-refractivity contribution in [2.24, 2.45) is 0 Å². The van der Waals surface area contributed by atoms with Gasteiger partial charge in [0.05, 0.1) is 20.8 Å². The Balaban J connectivity index is 1.76. The number of ether oxygens (including phenoxy) is 4. The van der Waals surface area contributed by atoms with Gasteiger partial charge in [-0.3, -0.25) is 4.79 Å². The van der Waals surface area contributed by atoms with Gasteiger partial charge in [-0.15, -0.1) is 0 Å². The standard InChI is InChI=1S/C18H18BrNO5/c1-22-15-4-3-11(7-16(15)23-2)18(21)20-8-12-5-14(19)6-13-9-24-10-25-17(12)13/h3-7H,8-10H2,1-2H3,(H,20,21). The third-order valence-electron chi connectivity index (χ3n) is 3.84. The number of carbonyl (C=O) groups is 1. The molecule has 25 heavy (non-hydrogen) atoms. The van der Waals surface area contributed by atoms with Crippen molar-refractivity contribution in [3.63, 3.8) is 0 Å². The lowest BCUT2D eigenvalue weighted by Crippen LogP contribution is -2.24. The Morgan fingerprint density at radius 1 is 1.20 bits per heavy atom. The van der Waals surface area contributed by atoms with Crippen LogP contribution in [0.25, 0.3) is 0 Å². The number of hydrogen-bond donors (Lipinski definition) is 1. The maximum atomic E-state index is 12.5. The van der Waals surface area contributed by atoms with Gasteiger partial charge >= 0.3 is 0 Å². The quantitative estimate of drug-likeness (QED) is 0.823. The molecule has 1 N–H and O–H groups in total. The van der Waals surface area contributed by atoms with Gasteiger partial charge in [0.2, 0.25) is 0 Å². The van der Waals surface area contributed by atoms with Crippen LogP contribution in [0.3, 0.4) is 0 Å². The van der Waals surface area contributed by atoms with E-state index in [0.717, 1.165) is 21.3 Å². The molecule has 1 aliphatic rings. The molecule has 2 aromatic carbocycles. The van der Waals surface area contributed by atoms with E-state index in [1.165, 1.54) is 7.11 Å². The lowest BCUT2D eigenvalue weighted by molar-refractivity contribution is -0.0171. The molecule has 0 spiro atoms. The Morgan fingerprint density at radius 2 is 2.00 bits per heavy atom. The van der Waals surface area contributed by atoms with Gasteiger partial charge in [0, 0.05) is 27.7 Å². The van der Waals surface area contributed by atoms with E-state index in [4.69, 9.17) is 18.9 Å².